The molecule has 35 heavy (non-hydrogen) atoms. The molecular formula is C23H19ClN4O7. The molecule has 3 aliphatic rings. The fraction of sp³-hybridized carbons (Fsp3) is 0.348. The standard InChI is InChI=1S/C23H19ClN4O7/c24-16-6-3-15(18(10-16)28(34)35)11-25(21(29)12-4-7-17(8-5-12)27(32)33)26-22(30)19-13-1-2-14(9-13)20(19)23(26)31/h3-8,10,13-14,19-20H,1-2,9,11H2/t13-,14-,19-,20+/m0/s1. The van der Waals surface area contributed by atoms with E-state index in [1.807, 2.05) is 0 Å². The Morgan fingerprint density at radius 1 is 0.971 bits per heavy atom. The maximum atomic E-state index is 13.6. The fourth-order valence-corrected chi connectivity index (χ4v) is 5.91. The molecule has 0 radical (unpaired) electrons. The number of nitro groups is 2. The Bertz CT molecular complexity index is 1250. The lowest BCUT2D eigenvalue weighted by molar-refractivity contribution is -0.385. The van der Waals surface area contributed by atoms with Crippen molar-refractivity contribution in [3.05, 3.63) is 78.8 Å². The van der Waals surface area contributed by atoms with Gasteiger partial charge in [-0.3, -0.25) is 34.6 Å². The summed E-state index contributed by atoms with van der Waals surface area (Å²) in [6.07, 6.45) is 2.49. The van der Waals surface area contributed by atoms with Crippen LogP contribution in [0, 0.1) is 43.9 Å². The smallest absolute Gasteiger partial charge is 0.272 e. The summed E-state index contributed by atoms with van der Waals surface area (Å²) in [5, 5.41) is 24.5. The molecule has 3 fully saturated rings. The molecule has 1 saturated heterocycles. The molecule has 2 aliphatic carbocycles. The Labute approximate surface area is 203 Å². The number of non-ortho nitro benzene ring substituents is 1. The van der Waals surface area contributed by atoms with Gasteiger partial charge in [-0.1, -0.05) is 11.6 Å². The minimum Gasteiger partial charge on any atom is -0.272 e. The van der Waals surface area contributed by atoms with E-state index in [0.29, 0.717) is 0 Å². The van der Waals surface area contributed by atoms with Crippen LogP contribution in [0.25, 0.3) is 0 Å². The van der Waals surface area contributed by atoms with E-state index in [1.165, 1.54) is 24.3 Å². The third-order valence-electron chi connectivity index (χ3n) is 7.27. The molecule has 2 aromatic carbocycles. The average Bonchev–Trinajstić information content (AvgIpc) is 3.52. The number of hydrazine groups is 1. The molecule has 0 aromatic heterocycles. The SMILES string of the molecule is O=C(c1ccc([N+](=O)[O-])cc1)N(Cc1ccc(Cl)cc1[N+](=O)[O-])N1C(=O)[C@@H]2[C@H]3CC[C@@H](C3)[C@@H]2C1=O. The van der Waals surface area contributed by atoms with Crippen molar-refractivity contribution < 1.29 is 24.2 Å². The molecule has 0 spiro atoms. The number of carbonyl (C=O) groups excluding carboxylic acids is 3. The highest BCUT2D eigenvalue weighted by atomic mass is 35.5. The highest BCUT2D eigenvalue weighted by molar-refractivity contribution is 6.30. The number of nitro benzene ring substituents is 2. The van der Waals surface area contributed by atoms with E-state index in [1.54, 1.807) is 0 Å². The number of rotatable bonds is 6. The topological polar surface area (TPSA) is 144 Å². The van der Waals surface area contributed by atoms with Crippen molar-refractivity contribution in [2.75, 3.05) is 0 Å². The predicted molar refractivity (Wildman–Crippen MR) is 121 cm³/mol. The van der Waals surface area contributed by atoms with Crippen LogP contribution in [0.4, 0.5) is 11.4 Å². The van der Waals surface area contributed by atoms with Crippen LogP contribution in [0.5, 0.6) is 0 Å². The normalized spacial score (nSPS) is 24.5. The molecule has 1 aliphatic heterocycles. The first kappa shape index (κ1) is 22.9. The van der Waals surface area contributed by atoms with Crippen LogP contribution in [-0.2, 0) is 16.1 Å². The number of hydrogen-bond donors (Lipinski definition) is 0. The molecule has 2 bridgehead atoms. The minimum atomic E-state index is -0.779. The van der Waals surface area contributed by atoms with Gasteiger partial charge in [0.25, 0.3) is 29.1 Å². The zero-order valence-electron chi connectivity index (χ0n) is 18.2. The lowest BCUT2D eigenvalue weighted by atomic mass is 9.81. The monoisotopic (exact) mass is 498 g/mol. The number of halogens is 1. The lowest BCUT2D eigenvalue weighted by Crippen LogP contribution is -2.50. The van der Waals surface area contributed by atoms with Gasteiger partial charge in [0.1, 0.15) is 0 Å². The first-order valence-corrected chi connectivity index (χ1v) is 11.4. The summed E-state index contributed by atoms with van der Waals surface area (Å²) in [6, 6.07) is 8.64. The third-order valence-corrected chi connectivity index (χ3v) is 7.50. The zero-order chi connectivity index (χ0) is 25.0. The van der Waals surface area contributed by atoms with Gasteiger partial charge in [0.05, 0.1) is 33.8 Å². The molecule has 2 saturated carbocycles. The Kier molecular flexibility index (Phi) is 5.51. The summed E-state index contributed by atoms with van der Waals surface area (Å²) in [5.41, 5.74) is -0.526. The number of imide groups is 1. The highest BCUT2D eigenvalue weighted by Crippen LogP contribution is 2.56. The van der Waals surface area contributed by atoms with Crippen molar-refractivity contribution in [1.82, 2.24) is 10.0 Å². The number of carbonyl (C=O) groups is 3. The molecule has 0 unspecified atom stereocenters. The largest absolute Gasteiger partial charge is 0.275 e. The van der Waals surface area contributed by atoms with Crippen LogP contribution in [0.3, 0.4) is 0 Å². The quantitative estimate of drug-likeness (QED) is 0.335. The van der Waals surface area contributed by atoms with Crippen molar-refractivity contribution >= 4 is 40.7 Å². The van der Waals surface area contributed by atoms with Gasteiger partial charge in [-0.25, -0.2) is 5.01 Å². The first-order chi connectivity index (χ1) is 16.7. The van der Waals surface area contributed by atoms with E-state index in [-0.39, 0.29) is 39.4 Å². The number of hydrogen-bond acceptors (Lipinski definition) is 7. The molecular weight excluding hydrogens is 480 g/mol. The van der Waals surface area contributed by atoms with Gasteiger partial charge in [0.2, 0.25) is 0 Å². The van der Waals surface area contributed by atoms with Crippen molar-refractivity contribution in [2.24, 2.45) is 23.7 Å². The molecule has 5 rings (SSSR count). The lowest BCUT2D eigenvalue weighted by Gasteiger charge is -2.31. The van der Waals surface area contributed by atoms with Gasteiger partial charge in [-0.2, -0.15) is 5.01 Å². The third kappa shape index (κ3) is 3.72. The van der Waals surface area contributed by atoms with Gasteiger partial charge in [0, 0.05) is 28.8 Å². The molecule has 11 nitrogen and oxygen atoms in total. The van der Waals surface area contributed by atoms with Crippen LogP contribution in [-0.4, -0.2) is 37.6 Å². The summed E-state index contributed by atoms with van der Waals surface area (Å²) in [7, 11) is 0. The van der Waals surface area contributed by atoms with Gasteiger partial charge in [0.15, 0.2) is 0 Å². The first-order valence-electron chi connectivity index (χ1n) is 11.0. The van der Waals surface area contributed by atoms with Crippen LogP contribution < -0.4 is 0 Å². The van der Waals surface area contributed by atoms with Crippen molar-refractivity contribution in [1.29, 1.82) is 0 Å². The molecule has 2 aromatic rings. The Morgan fingerprint density at radius 2 is 1.57 bits per heavy atom. The van der Waals surface area contributed by atoms with Crippen molar-refractivity contribution in [3.63, 3.8) is 0 Å². The van der Waals surface area contributed by atoms with Gasteiger partial charge >= 0.3 is 0 Å². The summed E-state index contributed by atoms with van der Waals surface area (Å²) >= 11 is 5.91. The number of fused-ring (bicyclic) bond motifs is 5. The van der Waals surface area contributed by atoms with E-state index in [0.717, 1.165) is 47.5 Å². The van der Waals surface area contributed by atoms with Gasteiger partial charge in [-0.05, 0) is 55.4 Å². The van der Waals surface area contributed by atoms with Crippen LogP contribution in [0.15, 0.2) is 42.5 Å². The van der Waals surface area contributed by atoms with Gasteiger partial charge < -0.3 is 0 Å². The number of nitrogens with zero attached hydrogens (tertiary/aromatic N) is 4. The molecule has 1 heterocycles. The summed E-state index contributed by atoms with van der Waals surface area (Å²) in [6.45, 7) is -0.435. The Hall–Kier alpha value is -3.86. The van der Waals surface area contributed by atoms with Gasteiger partial charge in [-0.15, -0.1) is 0 Å². The summed E-state index contributed by atoms with van der Waals surface area (Å²) in [4.78, 5) is 61.8. The number of benzene rings is 2. The second-order valence-corrected chi connectivity index (χ2v) is 9.51. The Balaban J connectivity index is 1.55. The predicted octanol–water partition coefficient (Wildman–Crippen LogP) is 3.74. The second-order valence-electron chi connectivity index (χ2n) is 9.07. The van der Waals surface area contributed by atoms with E-state index in [9.17, 15) is 34.6 Å². The fourth-order valence-electron chi connectivity index (χ4n) is 5.74. The van der Waals surface area contributed by atoms with Crippen molar-refractivity contribution in [3.8, 4) is 0 Å². The van der Waals surface area contributed by atoms with Crippen LogP contribution in [0.2, 0.25) is 5.02 Å². The van der Waals surface area contributed by atoms with Crippen LogP contribution >= 0.6 is 11.6 Å². The maximum Gasteiger partial charge on any atom is 0.275 e. The maximum absolute atomic E-state index is 13.6. The molecule has 0 N–H and O–H groups in total. The van der Waals surface area contributed by atoms with E-state index < -0.39 is 45.9 Å². The molecule has 3 amide bonds. The highest BCUT2D eigenvalue weighted by Gasteiger charge is 2.62. The summed E-state index contributed by atoms with van der Waals surface area (Å²) < 4.78 is 0. The van der Waals surface area contributed by atoms with Crippen molar-refractivity contribution in [2.45, 2.75) is 25.8 Å². The summed E-state index contributed by atoms with van der Waals surface area (Å²) in [5.74, 6) is -2.61. The Morgan fingerprint density at radius 3 is 2.11 bits per heavy atom. The second kappa shape index (κ2) is 8.42. The zero-order valence-corrected chi connectivity index (χ0v) is 19.0. The number of amides is 3. The average molecular weight is 499 g/mol. The molecule has 4 atom stereocenters. The van der Waals surface area contributed by atoms with E-state index in [4.69, 9.17) is 11.6 Å². The molecule has 12 heteroatoms. The van der Waals surface area contributed by atoms with E-state index >= 15 is 0 Å². The minimum absolute atomic E-state index is 0.00662. The molecule has 180 valence electrons. The van der Waals surface area contributed by atoms with E-state index in [2.05, 4.69) is 0 Å². The van der Waals surface area contributed by atoms with Crippen LogP contribution in [0.1, 0.15) is 35.2 Å².